The number of carbonyl (C=O) groups is 1. The van der Waals surface area contributed by atoms with Gasteiger partial charge in [0.2, 0.25) is 0 Å². The second-order valence-electron chi connectivity index (χ2n) is 4.70. The lowest BCUT2D eigenvalue weighted by atomic mass is 10.0. The average molecular weight is 208 g/mol. The summed E-state index contributed by atoms with van der Waals surface area (Å²) in [5, 5.41) is 0. The number of allylic oxidation sites excluding steroid dienone is 2. The highest BCUT2D eigenvalue weighted by Gasteiger charge is 2.56. The topological polar surface area (TPSA) is 26.3 Å². The average Bonchev–Trinajstić information content (AvgIpc) is 2.68. The Labute approximate surface area is 92.0 Å². The van der Waals surface area contributed by atoms with Gasteiger partial charge < -0.3 is 4.74 Å². The van der Waals surface area contributed by atoms with E-state index in [4.69, 9.17) is 4.74 Å². The largest absolute Gasteiger partial charge is 0.463 e. The SMILES string of the molecule is C=C[C@H]1[C@H](/C(C)=C/C(=O)OCC)C1(C)C. The standard InChI is InChI=1S/C13H20O2/c1-6-10-12(13(10,4)5)9(3)8-11(14)15-7-2/h6,8,10,12H,1,7H2,2-5H3/b9-8+/t10-,12-/m0/s1. The van der Waals surface area contributed by atoms with Gasteiger partial charge in [-0.05, 0) is 31.1 Å². The second kappa shape index (κ2) is 4.21. The summed E-state index contributed by atoms with van der Waals surface area (Å²) in [4.78, 5) is 11.3. The summed E-state index contributed by atoms with van der Waals surface area (Å²) < 4.78 is 4.89. The highest BCUT2D eigenvalue weighted by molar-refractivity contribution is 5.83. The summed E-state index contributed by atoms with van der Waals surface area (Å²) in [7, 11) is 0. The van der Waals surface area contributed by atoms with Crippen molar-refractivity contribution in [3.8, 4) is 0 Å². The molecule has 0 radical (unpaired) electrons. The lowest BCUT2D eigenvalue weighted by molar-refractivity contribution is -0.137. The van der Waals surface area contributed by atoms with Crippen LogP contribution in [-0.2, 0) is 9.53 Å². The van der Waals surface area contributed by atoms with Crippen molar-refractivity contribution in [3.63, 3.8) is 0 Å². The molecule has 2 nitrogen and oxygen atoms in total. The monoisotopic (exact) mass is 208 g/mol. The van der Waals surface area contributed by atoms with E-state index in [1.165, 1.54) is 0 Å². The highest BCUT2D eigenvalue weighted by atomic mass is 16.5. The van der Waals surface area contributed by atoms with Gasteiger partial charge in [-0.2, -0.15) is 0 Å². The van der Waals surface area contributed by atoms with E-state index in [1.807, 2.05) is 19.9 Å². The Hall–Kier alpha value is -1.05. The molecule has 0 saturated heterocycles. The van der Waals surface area contributed by atoms with Crippen molar-refractivity contribution in [2.75, 3.05) is 6.61 Å². The van der Waals surface area contributed by atoms with Crippen LogP contribution in [0.15, 0.2) is 24.3 Å². The van der Waals surface area contributed by atoms with E-state index in [-0.39, 0.29) is 11.4 Å². The number of rotatable bonds is 4. The molecule has 0 amide bonds. The van der Waals surface area contributed by atoms with E-state index < -0.39 is 0 Å². The number of esters is 1. The van der Waals surface area contributed by atoms with E-state index in [0.717, 1.165) is 5.57 Å². The van der Waals surface area contributed by atoms with Crippen LogP contribution < -0.4 is 0 Å². The van der Waals surface area contributed by atoms with Gasteiger partial charge in [-0.15, -0.1) is 6.58 Å². The predicted octanol–water partition coefficient (Wildman–Crippen LogP) is 2.95. The van der Waals surface area contributed by atoms with E-state index in [9.17, 15) is 4.79 Å². The van der Waals surface area contributed by atoms with Crippen LogP contribution in [0.3, 0.4) is 0 Å². The lowest BCUT2D eigenvalue weighted by Gasteiger charge is -2.03. The second-order valence-corrected chi connectivity index (χ2v) is 4.70. The maximum absolute atomic E-state index is 11.3. The number of hydrogen-bond acceptors (Lipinski definition) is 2. The number of hydrogen-bond donors (Lipinski definition) is 0. The smallest absolute Gasteiger partial charge is 0.330 e. The van der Waals surface area contributed by atoms with Crippen LogP contribution in [0.1, 0.15) is 27.7 Å². The molecule has 1 rings (SSSR count). The molecule has 0 aromatic rings. The summed E-state index contributed by atoms with van der Waals surface area (Å²) >= 11 is 0. The molecule has 2 heteroatoms. The van der Waals surface area contributed by atoms with Gasteiger partial charge >= 0.3 is 5.97 Å². The zero-order chi connectivity index (χ0) is 11.6. The fourth-order valence-corrected chi connectivity index (χ4v) is 2.45. The van der Waals surface area contributed by atoms with Crippen molar-refractivity contribution >= 4 is 5.97 Å². The third-order valence-electron chi connectivity index (χ3n) is 3.29. The summed E-state index contributed by atoms with van der Waals surface area (Å²) in [5.74, 6) is 0.697. The molecule has 0 aromatic carbocycles. The molecule has 0 bridgehead atoms. The summed E-state index contributed by atoms with van der Waals surface area (Å²) in [6, 6.07) is 0. The summed E-state index contributed by atoms with van der Waals surface area (Å²) in [5.41, 5.74) is 1.35. The molecule has 2 atom stereocenters. The van der Waals surface area contributed by atoms with Crippen molar-refractivity contribution in [1.82, 2.24) is 0 Å². The minimum atomic E-state index is -0.236. The van der Waals surface area contributed by atoms with Crippen LogP contribution in [-0.4, -0.2) is 12.6 Å². The van der Waals surface area contributed by atoms with E-state index >= 15 is 0 Å². The van der Waals surface area contributed by atoms with Gasteiger partial charge in [-0.3, -0.25) is 0 Å². The first-order valence-electron chi connectivity index (χ1n) is 5.42. The fourth-order valence-electron chi connectivity index (χ4n) is 2.45. The Morgan fingerprint density at radius 3 is 2.53 bits per heavy atom. The van der Waals surface area contributed by atoms with Crippen LogP contribution in [0, 0.1) is 17.3 Å². The molecule has 0 N–H and O–H groups in total. The zero-order valence-electron chi connectivity index (χ0n) is 10.0. The molecule has 0 aliphatic heterocycles. The Morgan fingerprint density at radius 2 is 2.13 bits per heavy atom. The van der Waals surface area contributed by atoms with Crippen molar-refractivity contribution in [1.29, 1.82) is 0 Å². The van der Waals surface area contributed by atoms with Crippen molar-refractivity contribution in [3.05, 3.63) is 24.3 Å². The van der Waals surface area contributed by atoms with Crippen molar-refractivity contribution in [2.24, 2.45) is 17.3 Å². The molecule has 1 saturated carbocycles. The van der Waals surface area contributed by atoms with E-state index in [1.54, 1.807) is 6.08 Å². The maximum atomic E-state index is 11.3. The molecular formula is C13H20O2. The summed E-state index contributed by atoms with van der Waals surface area (Å²) in [6.07, 6.45) is 3.59. The van der Waals surface area contributed by atoms with Gasteiger partial charge in [0.1, 0.15) is 0 Å². The molecular weight excluding hydrogens is 188 g/mol. The molecule has 1 aliphatic rings. The molecule has 0 aromatic heterocycles. The molecule has 1 aliphatic carbocycles. The summed E-state index contributed by atoms with van der Waals surface area (Å²) in [6.45, 7) is 12.5. The third kappa shape index (κ3) is 2.31. The van der Waals surface area contributed by atoms with Gasteiger partial charge in [0.25, 0.3) is 0 Å². The minimum absolute atomic E-state index is 0.236. The maximum Gasteiger partial charge on any atom is 0.330 e. The van der Waals surface area contributed by atoms with Gasteiger partial charge in [-0.25, -0.2) is 4.79 Å². The number of ether oxygens (including phenoxy) is 1. The Morgan fingerprint density at radius 1 is 1.53 bits per heavy atom. The third-order valence-corrected chi connectivity index (χ3v) is 3.29. The van der Waals surface area contributed by atoms with Crippen LogP contribution in [0.2, 0.25) is 0 Å². The predicted molar refractivity (Wildman–Crippen MR) is 61.3 cm³/mol. The molecule has 1 fully saturated rings. The lowest BCUT2D eigenvalue weighted by Crippen LogP contribution is -2.02. The molecule has 0 spiro atoms. The Kier molecular flexibility index (Phi) is 3.38. The first kappa shape index (κ1) is 12.0. The first-order chi connectivity index (χ1) is 6.95. The van der Waals surface area contributed by atoms with Gasteiger partial charge in [0.15, 0.2) is 0 Å². The number of carbonyl (C=O) groups excluding carboxylic acids is 1. The van der Waals surface area contributed by atoms with Crippen LogP contribution in [0.25, 0.3) is 0 Å². The first-order valence-corrected chi connectivity index (χ1v) is 5.42. The van der Waals surface area contributed by atoms with Gasteiger partial charge in [-0.1, -0.05) is 25.5 Å². The quantitative estimate of drug-likeness (QED) is 0.403. The normalized spacial score (nSPS) is 28.4. The zero-order valence-corrected chi connectivity index (χ0v) is 10.0. The Bertz CT molecular complexity index is 300. The van der Waals surface area contributed by atoms with Crippen LogP contribution in [0.4, 0.5) is 0 Å². The molecule has 15 heavy (non-hydrogen) atoms. The fraction of sp³-hybridized carbons (Fsp3) is 0.615. The van der Waals surface area contributed by atoms with Crippen LogP contribution in [0.5, 0.6) is 0 Å². The van der Waals surface area contributed by atoms with Crippen molar-refractivity contribution < 1.29 is 9.53 Å². The van der Waals surface area contributed by atoms with Gasteiger partial charge in [0, 0.05) is 6.08 Å². The highest BCUT2D eigenvalue weighted by Crippen LogP contribution is 2.62. The van der Waals surface area contributed by atoms with E-state index in [2.05, 4.69) is 20.4 Å². The van der Waals surface area contributed by atoms with Crippen LogP contribution >= 0.6 is 0 Å². The van der Waals surface area contributed by atoms with Crippen molar-refractivity contribution in [2.45, 2.75) is 27.7 Å². The van der Waals surface area contributed by atoms with Gasteiger partial charge in [0.05, 0.1) is 6.61 Å². The molecule has 0 unspecified atom stereocenters. The van der Waals surface area contributed by atoms with E-state index in [0.29, 0.717) is 18.4 Å². The molecule has 0 heterocycles. The minimum Gasteiger partial charge on any atom is -0.463 e. The molecule has 84 valence electrons. The Balaban J connectivity index is 2.67.